The van der Waals surface area contributed by atoms with Gasteiger partial charge in [0, 0.05) is 27.2 Å². The molecule has 0 N–H and O–H groups in total. The minimum absolute atomic E-state index is 0.302. The predicted octanol–water partition coefficient (Wildman–Crippen LogP) is 0.227. The molecule has 0 radical (unpaired) electrons. The highest BCUT2D eigenvalue weighted by Crippen LogP contribution is 2.21. The summed E-state index contributed by atoms with van der Waals surface area (Å²) in [5.74, 6) is 1.14. The van der Waals surface area contributed by atoms with E-state index in [1.165, 1.54) is 11.6 Å². The van der Waals surface area contributed by atoms with Crippen LogP contribution in [0.1, 0.15) is 0 Å². The lowest BCUT2D eigenvalue weighted by Crippen LogP contribution is -2.37. The fourth-order valence-electron chi connectivity index (χ4n) is 2.99. The summed E-state index contributed by atoms with van der Waals surface area (Å²) < 4.78 is 10.8. The van der Waals surface area contributed by atoms with Crippen LogP contribution in [-0.2, 0) is 21.1 Å². The van der Waals surface area contributed by atoms with E-state index in [0.717, 1.165) is 10.3 Å². The van der Waals surface area contributed by atoms with Gasteiger partial charge >= 0.3 is 5.69 Å². The molecule has 4 rings (SSSR count). The zero-order valence-corrected chi connectivity index (χ0v) is 15.2. The number of imidazole rings is 1. The molecule has 0 bridgehead atoms. The number of aromatic nitrogens is 7. The Morgan fingerprint density at radius 1 is 1.04 bits per heavy atom. The van der Waals surface area contributed by atoms with Crippen LogP contribution in [0.25, 0.3) is 28.4 Å². The van der Waals surface area contributed by atoms with Gasteiger partial charge in [-0.2, -0.15) is 0 Å². The molecule has 0 atom stereocenters. The van der Waals surface area contributed by atoms with Crippen LogP contribution in [0.2, 0.25) is 0 Å². The maximum Gasteiger partial charge on any atom is 0.332 e. The van der Waals surface area contributed by atoms with E-state index in [4.69, 9.17) is 4.74 Å². The van der Waals surface area contributed by atoms with Crippen LogP contribution in [0.3, 0.4) is 0 Å². The van der Waals surface area contributed by atoms with Gasteiger partial charge in [-0.05, 0) is 12.1 Å². The second-order valence-corrected chi connectivity index (χ2v) is 6.12. The van der Waals surface area contributed by atoms with Crippen molar-refractivity contribution in [1.82, 2.24) is 33.7 Å². The Bertz CT molecular complexity index is 1290. The summed E-state index contributed by atoms with van der Waals surface area (Å²) in [5.41, 5.74) is 1.04. The fourth-order valence-corrected chi connectivity index (χ4v) is 2.99. The van der Waals surface area contributed by atoms with Crippen LogP contribution in [0.5, 0.6) is 5.75 Å². The van der Waals surface area contributed by atoms with Crippen LogP contribution in [0, 0.1) is 0 Å². The van der Waals surface area contributed by atoms with Crippen LogP contribution in [-0.4, -0.2) is 40.8 Å². The van der Waals surface area contributed by atoms with E-state index in [2.05, 4.69) is 15.3 Å². The third-order valence-electron chi connectivity index (χ3n) is 4.52. The van der Waals surface area contributed by atoms with Crippen molar-refractivity contribution in [3.8, 4) is 23.0 Å². The number of benzene rings is 1. The maximum absolute atomic E-state index is 12.5. The van der Waals surface area contributed by atoms with Gasteiger partial charge in [0.15, 0.2) is 17.0 Å². The fraction of sp³-hybridized carbons (Fsp3) is 0.235. The maximum atomic E-state index is 12.5. The molecule has 0 spiro atoms. The number of aryl methyl sites for hydroxylation is 2. The Kier molecular flexibility index (Phi) is 3.69. The van der Waals surface area contributed by atoms with Crippen molar-refractivity contribution in [2.24, 2.45) is 21.1 Å². The molecule has 0 aliphatic rings. The molecule has 138 valence electrons. The largest absolute Gasteiger partial charge is 0.497 e. The van der Waals surface area contributed by atoms with E-state index in [9.17, 15) is 9.59 Å². The van der Waals surface area contributed by atoms with Gasteiger partial charge in [0.1, 0.15) is 11.4 Å². The topological polar surface area (TPSA) is 102 Å². The Morgan fingerprint density at radius 2 is 1.81 bits per heavy atom. The summed E-state index contributed by atoms with van der Waals surface area (Å²) in [7, 11) is 6.32. The monoisotopic (exact) mass is 367 g/mol. The summed E-state index contributed by atoms with van der Waals surface area (Å²) in [4.78, 5) is 29.1. The summed E-state index contributed by atoms with van der Waals surface area (Å²) >= 11 is 0. The van der Waals surface area contributed by atoms with Gasteiger partial charge in [-0.25, -0.2) is 14.5 Å². The molecule has 10 heteroatoms. The summed E-state index contributed by atoms with van der Waals surface area (Å²) in [6.45, 7) is 0. The molecule has 10 nitrogen and oxygen atoms in total. The second kappa shape index (κ2) is 5.94. The zero-order valence-electron chi connectivity index (χ0n) is 15.2. The van der Waals surface area contributed by atoms with Crippen molar-refractivity contribution >= 4 is 11.2 Å². The molecule has 0 saturated carbocycles. The number of ether oxygens (including phenoxy) is 1. The normalized spacial score (nSPS) is 11.3. The third kappa shape index (κ3) is 2.45. The minimum Gasteiger partial charge on any atom is -0.497 e. The van der Waals surface area contributed by atoms with E-state index < -0.39 is 11.2 Å². The van der Waals surface area contributed by atoms with Crippen molar-refractivity contribution in [2.45, 2.75) is 0 Å². The second-order valence-electron chi connectivity index (χ2n) is 6.12. The molecular weight excluding hydrogens is 350 g/mol. The van der Waals surface area contributed by atoms with Crippen molar-refractivity contribution in [2.75, 3.05) is 7.11 Å². The Labute approximate surface area is 152 Å². The molecule has 0 fully saturated rings. The lowest BCUT2D eigenvalue weighted by Gasteiger charge is -2.03. The number of fused-ring (bicyclic) bond motifs is 1. The first-order chi connectivity index (χ1) is 12.9. The molecule has 0 amide bonds. The first kappa shape index (κ1) is 16.8. The molecular formula is C17H17N7O3. The number of hydrogen-bond donors (Lipinski definition) is 0. The standard InChI is InChI=1S/C17H17N7O3/c1-21-13-15(22(2)17(26)23(3)16(13)25)18-14(21)12-9-24(20-19-12)10-6-5-7-11(8-10)27-4/h5-9H,1-4H3. The average Bonchev–Trinajstić information content (AvgIpc) is 3.29. The van der Waals surface area contributed by atoms with E-state index in [1.807, 2.05) is 24.3 Å². The van der Waals surface area contributed by atoms with Gasteiger partial charge in [0.2, 0.25) is 0 Å². The first-order valence-electron chi connectivity index (χ1n) is 8.12. The number of hydrogen-bond acceptors (Lipinski definition) is 6. The average molecular weight is 367 g/mol. The van der Waals surface area contributed by atoms with E-state index in [0.29, 0.717) is 28.4 Å². The number of nitrogens with zero attached hydrogens (tertiary/aromatic N) is 7. The Balaban J connectivity index is 1.89. The highest BCUT2D eigenvalue weighted by atomic mass is 16.5. The SMILES string of the molecule is COc1cccc(-n2cc(-c3nc4c(c(=O)n(C)c(=O)n4C)n3C)nn2)c1. The Hall–Kier alpha value is -3.69. The van der Waals surface area contributed by atoms with E-state index >= 15 is 0 Å². The van der Waals surface area contributed by atoms with Gasteiger partial charge in [-0.3, -0.25) is 13.9 Å². The number of rotatable bonds is 3. The smallest absolute Gasteiger partial charge is 0.332 e. The minimum atomic E-state index is -0.433. The zero-order chi connectivity index (χ0) is 19.3. The van der Waals surface area contributed by atoms with Crippen molar-refractivity contribution in [3.63, 3.8) is 0 Å². The molecule has 3 aromatic heterocycles. The van der Waals surface area contributed by atoms with Crippen molar-refractivity contribution < 1.29 is 4.74 Å². The lowest BCUT2D eigenvalue weighted by atomic mass is 10.3. The van der Waals surface area contributed by atoms with Crippen LogP contribution in [0.4, 0.5) is 0 Å². The van der Waals surface area contributed by atoms with Crippen LogP contribution >= 0.6 is 0 Å². The van der Waals surface area contributed by atoms with Gasteiger partial charge in [-0.15, -0.1) is 5.10 Å². The first-order valence-corrected chi connectivity index (χ1v) is 8.12. The van der Waals surface area contributed by atoms with Crippen LogP contribution < -0.4 is 16.0 Å². The molecule has 0 unspecified atom stereocenters. The molecule has 1 aromatic carbocycles. The molecule has 0 saturated heterocycles. The molecule has 0 aliphatic heterocycles. The van der Waals surface area contributed by atoms with Gasteiger partial charge < -0.3 is 9.30 Å². The van der Waals surface area contributed by atoms with Gasteiger partial charge in [0.25, 0.3) is 5.56 Å². The number of methoxy groups -OCH3 is 1. The van der Waals surface area contributed by atoms with Gasteiger partial charge in [-0.1, -0.05) is 11.3 Å². The summed E-state index contributed by atoms with van der Waals surface area (Å²) in [6, 6.07) is 7.38. The van der Waals surface area contributed by atoms with E-state index in [-0.39, 0.29) is 0 Å². The third-order valence-corrected chi connectivity index (χ3v) is 4.52. The molecule has 3 heterocycles. The van der Waals surface area contributed by atoms with Crippen LogP contribution in [0.15, 0.2) is 40.1 Å². The predicted molar refractivity (Wildman–Crippen MR) is 98.1 cm³/mol. The molecule has 0 aliphatic carbocycles. The lowest BCUT2D eigenvalue weighted by molar-refractivity contribution is 0.414. The highest BCUT2D eigenvalue weighted by molar-refractivity contribution is 5.75. The quantitative estimate of drug-likeness (QED) is 0.514. The molecule has 4 aromatic rings. The van der Waals surface area contributed by atoms with Crippen molar-refractivity contribution in [3.05, 3.63) is 51.3 Å². The van der Waals surface area contributed by atoms with E-state index in [1.54, 1.807) is 36.7 Å². The summed E-state index contributed by atoms with van der Waals surface area (Å²) in [5, 5.41) is 8.31. The van der Waals surface area contributed by atoms with Crippen molar-refractivity contribution in [1.29, 1.82) is 0 Å². The Morgan fingerprint density at radius 3 is 2.56 bits per heavy atom. The van der Waals surface area contributed by atoms with Gasteiger partial charge in [0.05, 0.1) is 19.0 Å². The molecule has 27 heavy (non-hydrogen) atoms. The summed E-state index contributed by atoms with van der Waals surface area (Å²) in [6.07, 6.45) is 1.71. The highest BCUT2D eigenvalue weighted by Gasteiger charge is 2.19.